The topological polar surface area (TPSA) is 31.2 Å². The van der Waals surface area contributed by atoms with E-state index in [1.165, 1.54) is 0 Å². The molecule has 0 amide bonds. The van der Waals surface area contributed by atoms with E-state index in [0.717, 1.165) is 31.3 Å². The number of hydrogen-bond acceptors (Lipinski definition) is 4. The first-order valence-electron chi connectivity index (χ1n) is 4.79. The summed E-state index contributed by atoms with van der Waals surface area (Å²) >= 11 is 0. The van der Waals surface area contributed by atoms with Crippen LogP contribution in [0.3, 0.4) is 0 Å². The van der Waals surface area contributed by atoms with Gasteiger partial charge in [-0.2, -0.15) is 0 Å². The van der Waals surface area contributed by atoms with E-state index in [1.807, 2.05) is 0 Å². The maximum absolute atomic E-state index is 4.50. The van der Waals surface area contributed by atoms with Crippen molar-refractivity contribution in [3.8, 4) is 0 Å². The fourth-order valence-electron chi connectivity index (χ4n) is 1.93. The SMILES string of the molecule is CC1=NCCN1N1CC(C)N=C1C. The molecule has 2 aliphatic heterocycles. The molecule has 0 aromatic carbocycles. The molecule has 2 aliphatic rings. The maximum atomic E-state index is 4.50. The van der Waals surface area contributed by atoms with E-state index < -0.39 is 0 Å². The van der Waals surface area contributed by atoms with Gasteiger partial charge in [0.1, 0.15) is 11.7 Å². The summed E-state index contributed by atoms with van der Waals surface area (Å²) in [5.41, 5.74) is 0. The number of hydrazine groups is 1. The standard InChI is InChI=1S/C9H16N4/c1-7-6-13(9(3)11-7)12-5-4-10-8(12)2/h7H,4-6H2,1-3H3. The molecule has 0 bridgehead atoms. The summed E-state index contributed by atoms with van der Waals surface area (Å²) < 4.78 is 0. The highest BCUT2D eigenvalue weighted by Gasteiger charge is 2.27. The number of amidine groups is 2. The van der Waals surface area contributed by atoms with Gasteiger partial charge >= 0.3 is 0 Å². The number of nitrogens with zero attached hydrogens (tertiary/aromatic N) is 4. The van der Waals surface area contributed by atoms with Crippen LogP contribution in [0.2, 0.25) is 0 Å². The molecule has 1 atom stereocenters. The Labute approximate surface area is 78.9 Å². The van der Waals surface area contributed by atoms with Crippen LogP contribution in [0.1, 0.15) is 20.8 Å². The summed E-state index contributed by atoms with van der Waals surface area (Å²) in [5, 5.41) is 4.46. The Balaban J connectivity index is 2.11. The second kappa shape index (κ2) is 3.01. The van der Waals surface area contributed by atoms with Crippen LogP contribution in [-0.4, -0.2) is 47.4 Å². The molecule has 2 rings (SSSR count). The Bertz CT molecular complexity index is 269. The highest BCUT2D eigenvalue weighted by atomic mass is 15.7. The van der Waals surface area contributed by atoms with E-state index in [-0.39, 0.29) is 0 Å². The zero-order valence-electron chi connectivity index (χ0n) is 8.49. The lowest BCUT2D eigenvalue weighted by atomic mass is 10.4. The molecular weight excluding hydrogens is 164 g/mol. The normalized spacial score (nSPS) is 28.1. The lowest BCUT2D eigenvalue weighted by Gasteiger charge is -2.31. The largest absolute Gasteiger partial charge is 0.269 e. The van der Waals surface area contributed by atoms with Crippen molar-refractivity contribution in [1.82, 2.24) is 10.0 Å². The van der Waals surface area contributed by atoms with E-state index in [1.54, 1.807) is 0 Å². The molecule has 4 heteroatoms. The minimum absolute atomic E-state index is 0.424. The predicted octanol–water partition coefficient (Wildman–Crippen LogP) is 0.758. The van der Waals surface area contributed by atoms with E-state index >= 15 is 0 Å². The van der Waals surface area contributed by atoms with Gasteiger partial charge < -0.3 is 0 Å². The van der Waals surface area contributed by atoms with E-state index in [0.29, 0.717) is 6.04 Å². The van der Waals surface area contributed by atoms with Gasteiger partial charge in [-0.3, -0.25) is 20.0 Å². The molecule has 0 aromatic heterocycles. The summed E-state index contributed by atoms with van der Waals surface area (Å²) in [4.78, 5) is 8.86. The molecule has 0 spiro atoms. The van der Waals surface area contributed by atoms with Gasteiger partial charge in [-0.1, -0.05) is 0 Å². The summed E-state index contributed by atoms with van der Waals surface area (Å²) in [6.45, 7) is 9.19. The van der Waals surface area contributed by atoms with Crippen molar-refractivity contribution in [3.63, 3.8) is 0 Å². The average Bonchev–Trinajstić information content (AvgIpc) is 2.58. The van der Waals surface area contributed by atoms with Crippen LogP contribution in [0.5, 0.6) is 0 Å². The number of hydrogen-bond donors (Lipinski definition) is 0. The third kappa shape index (κ3) is 1.41. The average molecular weight is 180 g/mol. The highest BCUT2D eigenvalue weighted by Crippen LogP contribution is 2.14. The van der Waals surface area contributed by atoms with Gasteiger partial charge in [-0.15, -0.1) is 0 Å². The second-order valence-corrected chi connectivity index (χ2v) is 3.66. The quantitative estimate of drug-likeness (QED) is 0.596. The zero-order chi connectivity index (χ0) is 9.42. The molecule has 0 radical (unpaired) electrons. The highest BCUT2D eigenvalue weighted by molar-refractivity contribution is 5.87. The molecule has 0 saturated heterocycles. The van der Waals surface area contributed by atoms with E-state index in [4.69, 9.17) is 0 Å². The second-order valence-electron chi connectivity index (χ2n) is 3.66. The van der Waals surface area contributed by atoms with Crippen LogP contribution in [-0.2, 0) is 0 Å². The first-order chi connectivity index (χ1) is 6.18. The molecule has 0 aromatic rings. The predicted molar refractivity (Wildman–Crippen MR) is 54.0 cm³/mol. The molecule has 0 aliphatic carbocycles. The lowest BCUT2D eigenvalue weighted by Crippen LogP contribution is -2.45. The Morgan fingerprint density at radius 3 is 2.46 bits per heavy atom. The van der Waals surface area contributed by atoms with Crippen molar-refractivity contribution in [1.29, 1.82) is 0 Å². The third-order valence-electron chi connectivity index (χ3n) is 2.54. The summed E-state index contributed by atoms with van der Waals surface area (Å²) in [6, 6.07) is 0.424. The smallest absolute Gasteiger partial charge is 0.115 e. The molecule has 0 fully saturated rings. The van der Waals surface area contributed by atoms with E-state index in [9.17, 15) is 0 Å². The zero-order valence-corrected chi connectivity index (χ0v) is 8.49. The van der Waals surface area contributed by atoms with Gasteiger partial charge in [0.2, 0.25) is 0 Å². The third-order valence-corrected chi connectivity index (χ3v) is 2.54. The monoisotopic (exact) mass is 180 g/mol. The first kappa shape index (κ1) is 8.53. The fourth-order valence-corrected chi connectivity index (χ4v) is 1.93. The van der Waals surface area contributed by atoms with Crippen molar-refractivity contribution in [3.05, 3.63) is 0 Å². The lowest BCUT2D eigenvalue weighted by molar-refractivity contribution is 0.153. The van der Waals surface area contributed by atoms with Crippen molar-refractivity contribution in [2.24, 2.45) is 9.98 Å². The fraction of sp³-hybridized carbons (Fsp3) is 0.778. The van der Waals surface area contributed by atoms with Crippen LogP contribution in [0.15, 0.2) is 9.98 Å². The Kier molecular flexibility index (Phi) is 1.98. The summed E-state index contributed by atoms with van der Waals surface area (Å²) in [6.07, 6.45) is 0. The first-order valence-corrected chi connectivity index (χ1v) is 4.79. The van der Waals surface area contributed by atoms with Gasteiger partial charge in [0.25, 0.3) is 0 Å². The maximum Gasteiger partial charge on any atom is 0.115 e. The van der Waals surface area contributed by atoms with Crippen molar-refractivity contribution < 1.29 is 0 Å². The Hall–Kier alpha value is -1.06. The molecule has 13 heavy (non-hydrogen) atoms. The van der Waals surface area contributed by atoms with Gasteiger partial charge in [-0.25, -0.2) is 0 Å². The molecule has 0 N–H and O–H groups in total. The number of rotatable bonds is 1. The van der Waals surface area contributed by atoms with Crippen LogP contribution >= 0.6 is 0 Å². The van der Waals surface area contributed by atoms with Crippen molar-refractivity contribution in [2.75, 3.05) is 19.6 Å². The summed E-state index contributed by atoms with van der Waals surface area (Å²) in [5.74, 6) is 2.23. The number of aliphatic imine (C=N–C) groups is 2. The minimum Gasteiger partial charge on any atom is -0.269 e. The van der Waals surface area contributed by atoms with Crippen molar-refractivity contribution >= 4 is 11.7 Å². The van der Waals surface area contributed by atoms with Crippen LogP contribution < -0.4 is 0 Å². The molecular formula is C9H16N4. The molecule has 1 unspecified atom stereocenters. The Morgan fingerprint density at radius 2 is 2.00 bits per heavy atom. The van der Waals surface area contributed by atoms with Gasteiger partial charge in [0.05, 0.1) is 25.7 Å². The van der Waals surface area contributed by atoms with Crippen LogP contribution in [0.4, 0.5) is 0 Å². The Morgan fingerprint density at radius 1 is 1.23 bits per heavy atom. The van der Waals surface area contributed by atoms with Gasteiger partial charge in [0, 0.05) is 0 Å². The molecule has 0 saturated carbocycles. The van der Waals surface area contributed by atoms with Crippen LogP contribution in [0.25, 0.3) is 0 Å². The molecule has 72 valence electrons. The van der Waals surface area contributed by atoms with E-state index in [2.05, 4.69) is 40.8 Å². The van der Waals surface area contributed by atoms with Gasteiger partial charge in [0.15, 0.2) is 0 Å². The van der Waals surface area contributed by atoms with Gasteiger partial charge in [-0.05, 0) is 20.8 Å². The molecule has 2 heterocycles. The minimum atomic E-state index is 0.424. The van der Waals surface area contributed by atoms with Crippen LogP contribution in [0, 0.1) is 0 Å². The summed E-state index contributed by atoms with van der Waals surface area (Å²) in [7, 11) is 0. The van der Waals surface area contributed by atoms with Crippen molar-refractivity contribution in [2.45, 2.75) is 26.8 Å². The molecule has 4 nitrogen and oxygen atoms in total.